The molecule has 0 aliphatic heterocycles. The molecule has 1 amide bonds. The zero-order chi connectivity index (χ0) is 26.8. The average molecular weight is 528 g/mol. The molecule has 2 N–H and O–H groups in total. The van der Waals surface area contributed by atoms with Gasteiger partial charge in [0.1, 0.15) is 6.04 Å². The number of ether oxygens (including phenoxy) is 2. The summed E-state index contributed by atoms with van der Waals surface area (Å²) < 4.78 is 12.1. The van der Waals surface area contributed by atoms with Crippen LogP contribution in [0.2, 0.25) is 0 Å². The van der Waals surface area contributed by atoms with Gasteiger partial charge in [0.2, 0.25) is 0 Å². The van der Waals surface area contributed by atoms with Gasteiger partial charge in [-0.3, -0.25) is 4.79 Å². The van der Waals surface area contributed by atoms with E-state index in [0.717, 1.165) is 22.3 Å². The Labute approximate surface area is 225 Å². The van der Waals surface area contributed by atoms with E-state index in [2.05, 4.69) is 12.2 Å². The van der Waals surface area contributed by atoms with Gasteiger partial charge in [-0.1, -0.05) is 49.6 Å². The van der Waals surface area contributed by atoms with Gasteiger partial charge in [0.15, 0.2) is 0 Å². The summed E-state index contributed by atoms with van der Waals surface area (Å²) >= 11 is 1.56. The van der Waals surface area contributed by atoms with E-state index in [4.69, 9.17) is 9.47 Å². The van der Waals surface area contributed by atoms with Crippen LogP contribution >= 0.6 is 11.8 Å². The molecule has 1 fully saturated rings. The normalized spacial score (nSPS) is 16.6. The third-order valence-electron chi connectivity index (χ3n) is 7.34. The van der Waals surface area contributed by atoms with Gasteiger partial charge in [-0.15, -0.1) is 0 Å². The summed E-state index contributed by atoms with van der Waals surface area (Å²) in [5.41, 5.74) is 4.16. The van der Waals surface area contributed by atoms with Crippen LogP contribution in [0.1, 0.15) is 66.9 Å². The topological polar surface area (TPSA) is 84.9 Å². The highest BCUT2D eigenvalue weighted by Crippen LogP contribution is 2.31. The Bertz CT molecular complexity index is 1040. The molecule has 2 aromatic rings. The van der Waals surface area contributed by atoms with Crippen LogP contribution in [0.15, 0.2) is 42.5 Å². The van der Waals surface area contributed by atoms with Gasteiger partial charge in [0.05, 0.1) is 18.8 Å². The molecule has 0 saturated heterocycles. The maximum Gasteiger partial charge on any atom is 0.326 e. The van der Waals surface area contributed by atoms with Crippen molar-refractivity contribution in [3.8, 4) is 11.1 Å². The summed E-state index contributed by atoms with van der Waals surface area (Å²) in [6.07, 6.45) is 8.47. The second-order valence-corrected chi connectivity index (χ2v) is 10.9. The van der Waals surface area contributed by atoms with Crippen molar-refractivity contribution in [1.82, 2.24) is 5.32 Å². The summed E-state index contributed by atoms with van der Waals surface area (Å²) in [7, 11) is 1.77. The molecule has 3 rings (SSSR count). The number of benzene rings is 2. The number of hydrogen-bond donors (Lipinski definition) is 2. The van der Waals surface area contributed by atoms with Crippen LogP contribution in [-0.4, -0.2) is 54.4 Å². The van der Waals surface area contributed by atoms with Crippen LogP contribution in [0.4, 0.5) is 0 Å². The van der Waals surface area contributed by atoms with Crippen molar-refractivity contribution in [2.75, 3.05) is 19.1 Å². The van der Waals surface area contributed by atoms with Crippen LogP contribution in [0, 0.1) is 12.8 Å². The van der Waals surface area contributed by atoms with Crippen LogP contribution < -0.4 is 5.32 Å². The number of methoxy groups -OCH3 is 1. The molecule has 0 spiro atoms. The van der Waals surface area contributed by atoms with Gasteiger partial charge < -0.3 is 19.9 Å². The Morgan fingerprint density at radius 2 is 1.84 bits per heavy atom. The molecule has 6 nitrogen and oxygen atoms in total. The molecule has 1 aliphatic rings. The standard InChI is InChI=1S/C30H41NO5S/c1-20-10-8-9-13-24(20)26-18-22(19-36-21(2)28(35-3)23-11-6-5-7-12-23)14-15-25(26)29(32)31-27(30(33)34)16-17-37-4/h8-10,13-15,18,21,23,27-28H,5-7,11-12,16-17,19H2,1-4H3,(H,31,32)(H,33,34)/t21?,27-,28?/m0/s1. The van der Waals surface area contributed by atoms with Gasteiger partial charge >= 0.3 is 5.97 Å². The van der Waals surface area contributed by atoms with Crippen LogP contribution in [0.25, 0.3) is 11.1 Å². The third-order valence-corrected chi connectivity index (χ3v) is 7.98. The highest BCUT2D eigenvalue weighted by atomic mass is 32.2. The fourth-order valence-corrected chi connectivity index (χ4v) is 5.73. The van der Waals surface area contributed by atoms with Crippen molar-refractivity contribution in [1.29, 1.82) is 0 Å². The number of rotatable bonds is 13. The van der Waals surface area contributed by atoms with E-state index in [9.17, 15) is 14.7 Å². The van der Waals surface area contributed by atoms with E-state index in [1.54, 1.807) is 24.9 Å². The van der Waals surface area contributed by atoms with Crippen molar-refractivity contribution in [3.05, 3.63) is 59.2 Å². The molecule has 7 heteroatoms. The molecular weight excluding hydrogens is 486 g/mol. The van der Waals surface area contributed by atoms with Gasteiger partial charge in [0.25, 0.3) is 5.91 Å². The Hall–Kier alpha value is -2.35. The zero-order valence-corrected chi connectivity index (χ0v) is 23.3. The lowest BCUT2D eigenvalue weighted by atomic mass is 9.83. The van der Waals surface area contributed by atoms with Crippen LogP contribution in [0.5, 0.6) is 0 Å². The SMILES string of the molecule is COC(C1CCCCC1)C(C)OCc1ccc(C(=O)N[C@@H](CCSC)C(=O)O)c(-c2ccccc2C)c1. The molecule has 1 aliphatic carbocycles. The molecule has 0 radical (unpaired) electrons. The number of thioether (sulfide) groups is 1. The Kier molecular flexibility index (Phi) is 11.5. The van der Waals surface area contributed by atoms with Crippen molar-refractivity contribution in [2.45, 2.75) is 77.2 Å². The number of carboxylic acids is 1. The second-order valence-electron chi connectivity index (χ2n) is 9.96. The first-order chi connectivity index (χ1) is 17.8. The first kappa shape index (κ1) is 29.2. The lowest BCUT2D eigenvalue weighted by molar-refractivity contribution is -0.139. The predicted octanol–water partition coefficient (Wildman–Crippen LogP) is 6.10. The first-order valence-electron chi connectivity index (χ1n) is 13.2. The molecule has 37 heavy (non-hydrogen) atoms. The molecule has 0 aromatic heterocycles. The second kappa shape index (κ2) is 14.6. The molecule has 3 atom stereocenters. The summed E-state index contributed by atoms with van der Waals surface area (Å²) in [4.78, 5) is 25.0. The number of aliphatic carboxylic acids is 1. The van der Waals surface area contributed by atoms with Gasteiger partial charge in [-0.05, 0) is 85.4 Å². The lowest BCUT2D eigenvalue weighted by Crippen LogP contribution is -2.41. The first-order valence-corrected chi connectivity index (χ1v) is 14.6. The molecule has 2 unspecified atom stereocenters. The monoisotopic (exact) mass is 527 g/mol. The van der Waals surface area contributed by atoms with Crippen molar-refractivity contribution in [2.24, 2.45) is 5.92 Å². The van der Waals surface area contributed by atoms with Gasteiger partial charge in [-0.2, -0.15) is 11.8 Å². The Morgan fingerprint density at radius 3 is 2.49 bits per heavy atom. The summed E-state index contributed by atoms with van der Waals surface area (Å²) in [5.74, 6) is -0.232. The predicted molar refractivity (Wildman–Crippen MR) is 150 cm³/mol. The number of amides is 1. The Balaban J connectivity index is 1.82. The number of hydrogen-bond acceptors (Lipinski definition) is 5. The molecule has 202 valence electrons. The minimum absolute atomic E-state index is 0.0502. The van der Waals surface area contributed by atoms with Gasteiger partial charge in [-0.25, -0.2) is 4.79 Å². The number of carbonyl (C=O) groups excluding carboxylic acids is 1. The molecule has 1 saturated carbocycles. The van der Waals surface area contributed by atoms with Gasteiger partial charge in [0, 0.05) is 12.7 Å². The van der Waals surface area contributed by atoms with E-state index >= 15 is 0 Å². The number of carbonyl (C=O) groups is 2. The average Bonchev–Trinajstić information content (AvgIpc) is 2.90. The number of nitrogens with one attached hydrogen (secondary N) is 1. The molecule has 0 heterocycles. The van der Waals surface area contributed by atoms with Crippen molar-refractivity contribution >= 4 is 23.6 Å². The fourth-order valence-electron chi connectivity index (χ4n) is 5.26. The highest BCUT2D eigenvalue weighted by Gasteiger charge is 2.29. The van der Waals surface area contributed by atoms with E-state index < -0.39 is 12.0 Å². The number of carboxylic acid groups (broad SMARTS) is 1. The van der Waals surface area contributed by atoms with E-state index in [1.807, 2.05) is 49.6 Å². The number of aryl methyl sites for hydroxylation is 1. The third kappa shape index (κ3) is 8.06. The summed E-state index contributed by atoms with van der Waals surface area (Å²) in [5, 5.41) is 12.3. The fraction of sp³-hybridized carbons (Fsp3) is 0.533. The molecular formula is C30H41NO5S. The highest BCUT2D eigenvalue weighted by molar-refractivity contribution is 7.98. The quantitative estimate of drug-likeness (QED) is 0.328. The van der Waals surface area contributed by atoms with Crippen LogP contribution in [-0.2, 0) is 20.9 Å². The molecule has 0 bridgehead atoms. The van der Waals surface area contributed by atoms with Crippen molar-refractivity contribution < 1.29 is 24.2 Å². The van der Waals surface area contributed by atoms with Crippen LogP contribution in [0.3, 0.4) is 0 Å². The van der Waals surface area contributed by atoms with E-state index in [1.165, 1.54) is 32.1 Å². The Morgan fingerprint density at radius 1 is 1.11 bits per heavy atom. The maximum atomic E-state index is 13.3. The van der Waals surface area contributed by atoms with E-state index in [-0.39, 0.29) is 18.1 Å². The smallest absolute Gasteiger partial charge is 0.326 e. The van der Waals surface area contributed by atoms with E-state index in [0.29, 0.717) is 30.3 Å². The van der Waals surface area contributed by atoms with Crippen molar-refractivity contribution in [3.63, 3.8) is 0 Å². The summed E-state index contributed by atoms with van der Waals surface area (Å²) in [6, 6.07) is 12.6. The summed E-state index contributed by atoms with van der Waals surface area (Å²) in [6.45, 7) is 4.49. The lowest BCUT2D eigenvalue weighted by Gasteiger charge is -2.33. The minimum Gasteiger partial charge on any atom is -0.480 e. The largest absolute Gasteiger partial charge is 0.480 e. The minimum atomic E-state index is -1.02. The maximum absolute atomic E-state index is 13.3. The zero-order valence-electron chi connectivity index (χ0n) is 22.5. The molecule has 2 aromatic carbocycles.